The lowest BCUT2D eigenvalue weighted by Gasteiger charge is -2.22. The summed E-state index contributed by atoms with van der Waals surface area (Å²) < 4.78 is 29.9. The summed E-state index contributed by atoms with van der Waals surface area (Å²) in [5.41, 5.74) is 2.51. The number of hydrogen-bond acceptors (Lipinski definition) is 9. The van der Waals surface area contributed by atoms with Gasteiger partial charge in [0.2, 0.25) is 21.2 Å². The van der Waals surface area contributed by atoms with Gasteiger partial charge < -0.3 is 15.3 Å². The third-order valence-corrected chi connectivity index (χ3v) is 8.23. The number of primary sulfonamides is 1. The number of benzene rings is 3. The molecule has 1 aromatic heterocycles. The minimum absolute atomic E-state index is 0.0607. The maximum atomic E-state index is 13.8. The Bertz CT molecular complexity index is 1860. The van der Waals surface area contributed by atoms with Crippen LogP contribution in [0.2, 0.25) is 0 Å². The van der Waals surface area contributed by atoms with Crippen LogP contribution in [0.25, 0.3) is 0 Å². The van der Waals surface area contributed by atoms with Gasteiger partial charge in [-0.3, -0.25) is 19.0 Å². The van der Waals surface area contributed by atoms with E-state index < -0.39 is 33.8 Å². The van der Waals surface area contributed by atoms with Gasteiger partial charge in [0.05, 0.1) is 17.0 Å². The zero-order valence-corrected chi connectivity index (χ0v) is 25.2. The number of thiocarbonyl (C=S) groups is 1. The summed E-state index contributed by atoms with van der Waals surface area (Å²) in [7, 11) is -2.31. The Morgan fingerprint density at radius 1 is 1.11 bits per heavy atom. The molecule has 15 heteroatoms. The van der Waals surface area contributed by atoms with Crippen LogP contribution in [0, 0.1) is 6.92 Å². The maximum Gasteiger partial charge on any atom is 0.325 e. The first-order valence-corrected chi connectivity index (χ1v) is 15.2. The number of rotatable bonds is 9. The molecule has 2 heterocycles. The van der Waals surface area contributed by atoms with Crippen molar-refractivity contribution in [1.29, 1.82) is 0 Å². The lowest BCUT2D eigenvalue weighted by molar-refractivity contribution is -0.746. The highest BCUT2D eigenvalue weighted by Gasteiger charge is 2.46. The molecule has 1 saturated heterocycles. The van der Waals surface area contributed by atoms with Crippen molar-refractivity contribution >= 4 is 62.3 Å². The largest absolute Gasteiger partial charge is 0.858 e. The van der Waals surface area contributed by atoms with Gasteiger partial charge in [-0.1, -0.05) is 48.0 Å². The fraction of sp³-hybridized carbons (Fsp3) is 0.172. The van der Waals surface area contributed by atoms with Crippen LogP contribution in [0.15, 0.2) is 93.3 Å². The highest BCUT2D eigenvalue weighted by atomic mass is 32.2. The van der Waals surface area contributed by atoms with E-state index in [9.17, 15) is 23.1 Å². The van der Waals surface area contributed by atoms with Gasteiger partial charge in [-0.15, -0.1) is 0 Å². The van der Waals surface area contributed by atoms with E-state index >= 15 is 0 Å². The van der Waals surface area contributed by atoms with Crippen LogP contribution in [-0.4, -0.2) is 47.5 Å². The summed E-state index contributed by atoms with van der Waals surface area (Å²) in [6.45, 7) is 1.85. The van der Waals surface area contributed by atoms with Gasteiger partial charge in [-0.25, -0.2) is 18.5 Å². The molecule has 1 aliphatic heterocycles. The number of sulfonamides is 1. The fourth-order valence-corrected chi connectivity index (χ4v) is 5.46. The van der Waals surface area contributed by atoms with Crippen LogP contribution in [0.5, 0.6) is 0 Å². The van der Waals surface area contributed by atoms with Crippen LogP contribution in [0.1, 0.15) is 23.2 Å². The molecule has 1 fully saturated rings. The van der Waals surface area contributed by atoms with Crippen LogP contribution >= 0.6 is 12.2 Å². The van der Waals surface area contributed by atoms with Crippen molar-refractivity contribution in [2.45, 2.75) is 30.8 Å². The molecule has 13 nitrogen and oxygen atoms in total. The molecule has 5 rings (SSSR count). The van der Waals surface area contributed by atoms with E-state index in [0.29, 0.717) is 22.6 Å². The Kier molecular flexibility index (Phi) is 8.53. The number of anilines is 2. The fourth-order valence-electron chi connectivity index (χ4n) is 4.55. The molecular weight excluding hydrogens is 606 g/mol. The number of carbonyl (C=O) groups excluding carboxylic acids is 2. The standard InChI is InChI=1S/C29H27N7O6S2/c1-18-8-12-21(13-9-18)36-28(39)23(16-25(37)31-20-10-14-22(15-11-20)44(30,40)41)35(29(36)43)17-24-27(42-33-34(24)2)32-26(38)19-6-4-3-5-7-19/h3-15,23H,16-17H2,1-2H3,(H3-,30,31,32,33,37,38,40,41). The zero-order chi connectivity index (χ0) is 31.6. The number of nitrogens with one attached hydrogen (secondary N) is 1. The van der Waals surface area contributed by atoms with Crippen molar-refractivity contribution in [3.8, 4) is 0 Å². The van der Waals surface area contributed by atoms with Crippen molar-refractivity contribution in [3.63, 3.8) is 0 Å². The predicted molar refractivity (Wildman–Crippen MR) is 162 cm³/mol. The SMILES string of the molecule is Cc1ccc(N2C(=O)C(CC(=O)Nc3ccc(S(N)(=O)=O)cc3)N(Cc3c(/N=C(\[O-])c4ccccc4)on[n+]3C)C2=S)cc1. The van der Waals surface area contributed by atoms with Crippen molar-refractivity contribution in [3.05, 3.63) is 95.7 Å². The summed E-state index contributed by atoms with van der Waals surface area (Å²) in [6.07, 6.45) is -0.303. The number of carbonyl (C=O) groups is 2. The van der Waals surface area contributed by atoms with Gasteiger partial charge in [-0.05, 0) is 71.7 Å². The quantitative estimate of drug-likeness (QED) is 0.119. The first-order chi connectivity index (χ1) is 20.9. The third kappa shape index (κ3) is 6.49. The first-order valence-electron chi connectivity index (χ1n) is 13.2. The van der Waals surface area contributed by atoms with Crippen molar-refractivity contribution in [2.24, 2.45) is 17.2 Å². The summed E-state index contributed by atoms with van der Waals surface area (Å²) >= 11 is 5.76. The Labute approximate surface area is 258 Å². The molecule has 1 atom stereocenters. The molecule has 0 aliphatic carbocycles. The average molecular weight is 634 g/mol. The highest BCUT2D eigenvalue weighted by Crippen LogP contribution is 2.30. The second-order valence-electron chi connectivity index (χ2n) is 9.99. The Hall–Kier alpha value is -4.99. The van der Waals surface area contributed by atoms with Gasteiger partial charge in [0.25, 0.3) is 11.6 Å². The Balaban J connectivity index is 1.44. The molecule has 44 heavy (non-hydrogen) atoms. The number of amides is 2. The summed E-state index contributed by atoms with van der Waals surface area (Å²) in [6, 6.07) is 19.9. The molecule has 226 valence electrons. The Morgan fingerprint density at radius 3 is 2.41 bits per heavy atom. The number of hydrogen-bond donors (Lipinski definition) is 2. The second-order valence-corrected chi connectivity index (χ2v) is 11.9. The molecule has 0 bridgehead atoms. The predicted octanol–water partition coefficient (Wildman–Crippen LogP) is 1.42. The van der Waals surface area contributed by atoms with Gasteiger partial charge in [0.15, 0.2) is 12.2 Å². The van der Waals surface area contributed by atoms with Crippen LogP contribution in [0.3, 0.4) is 0 Å². The topological polar surface area (TPSA) is 178 Å². The molecule has 4 aromatic rings. The monoisotopic (exact) mass is 633 g/mol. The molecule has 1 aliphatic rings. The van der Waals surface area contributed by atoms with E-state index in [1.54, 1.807) is 54.4 Å². The minimum atomic E-state index is -3.91. The molecular formula is C29H27N7O6S2. The van der Waals surface area contributed by atoms with Crippen LogP contribution in [0.4, 0.5) is 17.3 Å². The molecule has 3 aromatic carbocycles. The molecule has 1 unspecified atom stereocenters. The number of aromatic nitrogens is 2. The maximum absolute atomic E-state index is 13.8. The summed E-state index contributed by atoms with van der Waals surface area (Å²) in [5, 5.41) is 24.7. The van der Waals surface area contributed by atoms with E-state index in [1.807, 2.05) is 19.1 Å². The van der Waals surface area contributed by atoms with Crippen LogP contribution < -0.4 is 25.1 Å². The van der Waals surface area contributed by atoms with Crippen molar-refractivity contribution in [1.82, 2.24) is 10.2 Å². The second kappa shape index (κ2) is 12.3. The minimum Gasteiger partial charge on any atom is -0.858 e. The van der Waals surface area contributed by atoms with Crippen molar-refractivity contribution in [2.75, 3.05) is 10.2 Å². The Morgan fingerprint density at radius 2 is 1.77 bits per heavy atom. The van der Waals surface area contributed by atoms with Crippen molar-refractivity contribution < 1.29 is 32.3 Å². The van der Waals surface area contributed by atoms with Gasteiger partial charge >= 0.3 is 5.88 Å². The molecule has 3 N–H and O–H groups in total. The molecule has 2 amide bonds. The van der Waals surface area contributed by atoms with E-state index in [-0.39, 0.29) is 28.9 Å². The summed E-state index contributed by atoms with van der Waals surface area (Å²) in [5.74, 6) is -1.57. The lowest BCUT2D eigenvalue weighted by atomic mass is 10.1. The molecule has 0 saturated carbocycles. The van der Waals surface area contributed by atoms with Gasteiger partial charge in [-0.2, -0.15) is 0 Å². The third-order valence-electron chi connectivity index (χ3n) is 6.89. The van der Waals surface area contributed by atoms with Crippen LogP contribution in [-0.2, 0) is 33.2 Å². The van der Waals surface area contributed by atoms with E-state index in [4.69, 9.17) is 21.9 Å². The normalized spacial score (nSPS) is 15.6. The number of nitrogens with zero attached hydrogens (tertiary/aromatic N) is 5. The zero-order valence-electron chi connectivity index (χ0n) is 23.6. The average Bonchev–Trinajstić information content (AvgIpc) is 3.44. The number of aryl methyl sites for hydroxylation is 2. The first kappa shape index (κ1) is 30.5. The van der Waals surface area contributed by atoms with E-state index in [1.165, 1.54) is 33.8 Å². The molecule has 0 spiro atoms. The number of aliphatic imine (C=N–C) groups is 1. The lowest BCUT2D eigenvalue weighted by Crippen LogP contribution is -2.42. The summed E-state index contributed by atoms with van der Waals surface area (Å²) in [4.78, 5) is 33.9. The highest BCUT2D eigenvalue weighted by molar-refractivity contribution is 7.89. The number of nitrogens with two attached hydrogens (primary N) is 1. The smallest absolute Gasteiger partial charge is 0.325 e. The van der Waals surface area contributed by atoms with Gasteiger partial charge in [0.1, 0.15) is 12.6 Å². The van der Waals surface area contributed by atoms with Gasteiger partial charge in [0, 0.05) is 5.69 Å². The van der Waals surface area contributed by atoms with E-state index in [2.05, 4.69) is 15.6 Å². The van der Waals surface area contributed by atoms with E-state index in [0.717, 1.165) is 5.56 Å². The molecule has 0 radical (unpaired) electrons.